The summed E-state index contributed by atoms with van der Waals surface area (Å²) in [6.45, 7) is 5.04. The second kappa shape index (κ2) is 8.17. The molecule has 0 aliphatic carbocycles. The van der Waals surface area contributed by atoms with Crippen LogP contribution in [0.1, 0.15) is 44.9 Å². The molecule has 0 atom stereocenters. The molecule has 4 rings (SSSR count). The number of aromatic carboxylic acids is 1. The van der Waals surface area contributed by atoms with Gasteiger partial charge in [-0.15, -0.1) is 0 Å². The Morgan fingerprint density at radius 3 is 2.29 bits per heavy atom. The molecule has 2 aliphatic heterocycles. The predicted octanol–water partition coefficient (Wildman–Crippen LogP) is 1.83. The first kappa shape index (κ1) is 21.1. The number of carbonyl (C=O) groups excluding carboxylic acids is 2. The van der Waals surface area contributed by atoms with Gasteiger partial charge in [-0.1, -0.05) is 32.0 Å². The van der Waals surface area contributed by atoms with Crippen molar-refractivity contribution >= 4 is 30.4 Å². The molecule has 2 aromatic rings. The molecule has 160 valence electrons. The van der Waals surface area contributed by atoms with Gasteiger partial charge in [0.25, 0.3) is 11.8 Å². The van der Waals surface area contributed by atoms with Gasteiger partial charge in [0.2, 0.25) is 0 Å². The molecule has 2 aliphatic rings. The molecule has 2 heterocycles. The van der Waals surface area contributed by atoms with E-state index >= 15 is 0 Å². The first-order valence-electron chi connectivity index (χ1n) is 9.95. The Bertz CT molecular complexity index is 1010. The Labute approximate surface area is 179 Å². The normalized spacial score (nSPS) is 17.6. The van der Waals surface area contributed by atoms with Gasteiger partial charge in [0, 0.05) is 24.1 Å². The van der Waals surface area contributed by atoms with E-state index in [9.17, 15) is 19.5 Å². The van der Waals surface area contributed by atoms with Crippen LogP contribution in [-0.4, -0.2) is 61.3 Å². The zero-order valence-electron chi connectivity index (χ0n) is 17.3. The number of benzene rings is 2. The van der Waals surface area contributed by atoms with Gasteiger partial charge in [0.1, 0.15) is 12.4 Å². The Balaban J connectivity index is 1.49. The number of hydrogen-bond donors (Lipinski definition) is 1. The number of carbonyl (C=O) groups is 3. The standard InChI is InChI=1S/C22H22BNO7/c1-22(2)12-30-23(31-13-22)17-8-7-14(21(27)28)11-18(17)29-10-9-24-19(25)15-5-3-4-6-16(15)20(24)26/h3-8,11H,9-10,12-13H2,1-2H3,(H,27,28). The highest BCUT2D eigenvalue weighted by molar-refractivity contribution is 6.62. The average Bonchev–Trinajstić information content (AvgIpc) is 2.99. The smallest absolute Gasteiger partial charge is 0.492 e. The summed E-state index contributed by atoms with van der Waals surface area (Å²) < 4.78 is 17.4. The van der Waals surface area contributed by atoms with Crippen molar-refractivity contribution in [3.8, 4) is 5.75 Å². The lowest BCUT2D eigenvalue weighted by Crippen LogP contribution is -2.48. The number of rotatable bonds is 6. The summed E-state index contributed by atoms with van der Waals surface area (Å²) in [6.07, 6.45) is 0. The van der Waals surface area contributed by atoms with Gasteiger partial charge >= 0.3 is 13.1 Å². The van der Waals surface area contributed by atoms with Crippen molar-refractivity contribution in [2.45, 2.75) is 13.8 Å². The summed E-state index contributed by atoms with van der Waals surface area (Å²) >= 11 is 0. The van der Waals surface area contributed by atoms with Gasteiger partial charge in [0.05, 0.1) is 23.2 Å². The van der Waals surface area contributed by atoms with E-state index in [-0.39, 0.29) is 41.7 Å². The third-order valence-corrected chi connectivity index (χ3v) is 5.22. The average molecular weight is 423 g/mol. The van der Waals surface area contributed by atoms with E-state index in [0.717, 1.165) is 4.90 Å². The van der Waals surface area contributed by atoms with Gasteiger partial charge in [0.15, 0.2) is 0 Å². The van der Waals surface area contributed by atoms with Crippen molar-refractivity contribution in [2.24, 2.45) is 5.41 Å². The van der Waals surface area contributed by atoms with Crippen LogP contribution in [0.25, 0.3) is 0 Å². The molecule has 2 aromatic carbocycles. The van der Waals surface area contributed by atoms with E-state index in [0.29, 0.717) is 29.8 Å². The minimum absolute atomic E-state index is 0.000244. The minimum Gasteiger partial charge on any atom is -0.492 e. The van der Waals surface area contributed by atoms with Crippen molar-refractivity contribution in [2.75, 3.05) is 26.4 Å². The van der Waals surface area contributed by atoms with Crippen molar-refractivity contribution < 1.29 is 33.5 Å². The number of amides is 2. The zero-order chi connectivity index (χ0) is 22.2. The highest BCUT2D eigenvalue weighted by atomic mass is 16.6. The summed E-state index contributed by atoms with van der Waals surface area (Å²) in [4.78, 5) is 37.5. The van der Waals surface area contributed by atoms with E-state index in [1.54, 1.807) is 30.3 Å². The third kappa shape index (κ3) is 4.19. The summed E-state index contributed by atoms with van der Waals surface area (Å²) in [5.74, 6) is -1.56. The third-order valence-electron chi connectivity index (χ3n) is 5.22. The zero-order valence-corrected chi connectivity index (χ0v) is 17.3. The number of imide groups is 1. The van der Waals surface area contributed by atoms with Crippen LogP contribution in [0.3, 0.4) is 0 Å². The van der Waals surface area contributed by atoms with Crippen LogP contribution in [0, 0.1) is 5.41 Å². The fourth-order valence-corrected chi connectivity index (χ4v) is 3.55. The van der Waals surface area contributed by atoms with Crippen molar-refractivity contribution in [1.29, 1.82) is 0 Å². The number of carboxylic acids is 1. The lowest BCUT2D eigenvalue weighted by atomic mass is 9.75. The molecule has 31 heavy (non-hydrogen) atoms. The van der Waals surface area contributed by atoms with Crippen LogP contribution in [0.4, 0.5) is 0 Å². The summed E-state index contributed by atoms with van der Waals surface area (Å²) in [5, 5.41) is 9.33. The summed E-state index contributed by atoms with van der Waals surface area (Å²) in [5.41, 5.74) is 1.23. The van der Waals surface area contributed by atoms with Crippen molar-refractivity contribution in [3.63, 3.8) is 0 Å². The van der Waals surface area contributed by atoms with Gasteiger partial charge < -0.3 is 19.2 Å². The number of nitrogens with zero attached hydrogens (tertiary/aromatic N) is 1. The maximum absolute atomic E-state index is 12.5. The molecule has 8 nitrogen and oxygen atoms in total. The second-order valence-electron chi connectivity index (χ2n) is 8.33. The second-order valence-corrected chi connectivity index (χ2v) is 8.33. The summed E-state index contributed by atoms with van der Waals surface area (Å²) in [6, 6.07) is 11.1. The Kier molecular flexibility index (Phi) is 5.55. The fourth-order valence-electron chi connectivity index (χ4n) is 3.55. The van der Waals surface area contributed by atoms with E-state index in [4.69, 9.17) is 14.0 Å². The Hall–Kier alpha value is -3.17. The Morgan fingerprint density at radius 2 is 1.71 bits per heavy atom. The van der Waals surface area contributed by atoms with Gasteiger partial charge in [-0.3, -0.25) is 14.5 Å². The first-order chi connectivity index (χ1) is 14.8. The lowest BCUT2D eigenvalue weighted by molar-refractivity contribution is 0.0340. The number of hydrogen-bond acceptors (Lipinski definition) is 6. The van der Waals surface area contributed by atoms with Crippen LogP contribution in [0.5, 0.6) is 5.75 Å². The fraction of sp³-hybridized carbons (Fsp3) is 0.318. The molecule has 1 N–H and O–H groups in total. The minimum atomic E-state index is -1.09. The first-order valence-corrected chi connectivity index (χ1v) is 9.95. The van der Waals surface area contributed by atoms with Gasteiger partial charge in [-0.05, 0) is 24.3 Å². The van der Waals surface area contributed by atoms with Crippen LogP contribution in [0.2, 0.25) is 0 Å². The highest BCUT2D eigenvalue weighted by Gasteiger charge is 2.37. The van der Waals surface area contributed by atoms with E-state index in [1.165, 1.54) is 12.1 Å². The molecule has 0 radical (unpaired) electrons. The molecule has 0 spiro atoms. The molecule has 9 heteroatoms. The number of fused-ring (bicyclic) bond motifs is 1. The summed E-state index contributed by atoms with van der Waals surface area (Å²) in [7, 11) is -0.690. The highest BCUT2D eigenvalue weighted by Crippen LogP contribution is 2.24. The van der Waals surface area contributed by atoms with Crippen LogP contribution >= 0.6 is 0 Å². The topological polar surface area (TPSA) is 102 Å². The van der Waals surface area contributed by atoms with Crippen LogP contribution in [0.15, 0.2) is 42.5 Å². The van der Waals surface area contributed by atoms with E-state index in [1.807, 2.05) is 13.8 Å². The molecule has 0 unspecified atom stereocenters. The quantitative estimate of drug-likeness (QED) is 0.559. The molecule has 1 fully saturated rings. The van der Waals surface area contributed by atoms with Crippen LogP contribution in [-0.2, 0) is 9.31 Å². The molecular formula is C22H22BNO7. The van der Waals surface area contributed by atoms with Gasteiger partial charge in [-0.25, -0.2) is 4.79 Å². The maximum Gasteiger partial charge on any atom is 0.497 e. The predicted molar refractivity (Wildman–Crippen MR) is 112 cm³/mol. The molecular weight excluding hydrogens is 401 g/mol. The molecule has 0 bridgehead atoms. The number of carboxylic acid groups (broad SMARTS) is 1. The monoisotopic (exact) mass is 423 g/mol. The molecule has 1 saturated heterocycles. The lowest BCUT2D eigenvalue weighted by Gasteiger charge is -2.33. The van der Waals surface area contributed by atoms with Crippen LogP contribution < -0.4 is 10.2 Å². The van der Waals surface area contributed by atoms with Crippen molar-refractivity contribution in [3.05, 3.63) is 59.2 Å². The largest absolute Gasteiger partial charge is 0.497 e. The molecule has 0 saturated carbocycles. The van der Waals surface area contributed by atoms with E-state index < -0.39 is 13.1 Å². The maximum atomic E-state index is 12.5. The molecule has 0 aromatic heterocycles. The van der Waals surface area contributed by atoms with Crippen molar-refractivity contribution in [1.82, 2.24) is 4.90 Å². The van der Waals surface area contributed by atoms with E-state index in [2.05, 4.69) is 0 Å². The SMILES string of the molecule is CC1(C)COB(c2ccc(C(=O)O)cc2OCCN2C(=O)c3ccccc3C2=O)OC1. The number of ether oxygens (including phenoxy) is 1. The Morgan fingerprint density at radius 1 is 1.10 bits per heavy atom. The molecule has 2 amide bonds. The van der Waals surface area contributed by atoms with Gasteiger partial charge in [-0.2, -0.15) is 0 Å².